The first kappa shape index (κ1) is 29.4. The van der Waals surface area contributed by atoms with E-state index in [1.54, 1.807) is 11.3 Å². The molecule has 0 spiro atoms. The van der Waals surface area contributed by atoms with Crippen molar-refractivity contribution >= 4 is 53.2 Å². The predicted molar refractivity (Wildman–Crippen MR) is 215 cm³/mol. The summed E-state index contributed by atoms with van der Waals surface area (Å²) in [7, 11) is 0. The smallest absolute Gasteiger partial charge is 0.160 e. The maximum Gasteiger partial charge on any atom is 0.160 e. The number of hydrogen-bond donors (Lipinski definition) is 0. The molecule has 0 aliphatic rings. The van der Waals surface area contributed by atoms with Crippen molar-refractivity contribution in [3.8, 4) is 56.0 Å². The number of thiophene rings is 1. The molecule has 0 radical (unpaired) electrons. The van der Waals surface area contributed by atoms with E-state index in [9.17, 15) is 0 Å². The molecular weight excluding hydrogens is 639 g/mol. The van der Waals surface area contributed by atoms with Crippen LogP contribution >= 0.6 is 11.3 Å². The van der Waals surface area contributed by atoms with Crippen LogP contribution in [0.4, 0.5) is 0 Å². The van der Waals surface area contributed by atoms with Gasteiger partial charge in [-0.3, -0.25) is 4.98 Å². The molecule has 0 saturated heterocycles. The van der Waals surface area contributed by atoms with Crippen LogP contribution in [-0.2, 0) is 0 Å². The molecule has 0 bridgehead atoms. The van der Waals surface area contributed by atoms with Crippen LogP contribution in [0.2, 0.25) is 0 Å². The molecule has 0 amide bonds. The number of pyridine rings is 1. The summed E-state index contributed by atoms with van der Waals surface area (Å²) in [6.45, 7) is 0. The molecule has 0 unspecified atom stereocenters. The Morgan fingerprint density at radius 2 is 1.06 bits per heavy atom. The fourth-order valence-corrected chi connectivity index (χ4v) is 8.43. The lowest BCUT2D eigenvalue weighted by molar-refractivity contribution is 1.24. The zero-order chi connectivity index (χ0) is 33.7. The zero-order valence-corrected chi connectivity index (χ0v) is 28.3. The van der Waals surface area contributed by atoms with Gasteiger partial charge in [0.1, 0.15) is 0 Å². The molecule has 0 aliphatic carbocycles. The average molecular weight is 668 g/mol. The van der Waals surface area contributed by atoms with Crippen LogP contribution in [0.3, 0.4) is 0 Å². The van der Waals surface area contributed by atoms with Crippen molar-refractivity contribution in [2.24, 2.45) is 0 Å². The molecule has 51 heavy (non-hydrogen) atoms. The maximum atomic E-state index is 5.36. The first-order valence-corrected chi connectivity index (χ1v) is 17.9. The Morgan fingerprint density at radius 1 is 0.412 bits per heavy atom. The zero-order valence-electron chi connectivity index (χ0n) is 27.5. The number of aromatic nitrogens is 3. The second-order valence-electron chi connectivity index (χ2n) is 12.8. The van der Waals surface area contributed by atoms with Crippen molar-refractivity contribution < 1.29 is 0 Å². The van der Waals surface area contributed by atoms with E-state index in [0.717, 1.165) is 60.2 Å². The van der Waals surface area contributed by atoms with Gasteiger partial charge >= 0.3 is 0 Å². The molecule has 3 heterocycles. The van der Waals surface area contributed by atoms with Gasteiger partial charge in [0, 0.05) is 33.6 Å². The third-order valence-electron chi connectivity index (χ3n) is 9.75. The van der Waals surface area contributed by atoms with Gasteiger partial charge in [-0.15, -0.1) is 11.3 Å². The van der Waals surface area contributed by atoms with Crippen molar-refractivity contribution in [2.45, 2.75) is 0 Å². The molecule has 238 valence electrons. The van der Waals surface area contributed by atoms with Crippen LogP contribution in [0, 0.1) is 0 Å². The lowest BCUT2D eigenvalue weighted by atomic mass is 9.90. The number of benzene rings is 7. The van der Waals surface area contributed by atoms with Gasteiger partial charge in [0.15, 0.2) is 5.82 Å². The van der Waals surface area contributed by atoms with Crippen molar-refractivity contribution in [3.63, 3.8) is 0 Å². The highest BCUT2D eigenvalue weighted by Gasteiger charge is 2.18. The third-order valence-corrected chi connectivity index (χ3v) is 10.9. The highest BCUT2D eigenvalue weighted by atomic mass is 32.1. The molecule has 3 aromatic heterocycles. The van der Waals surface area contributed by atoms with Crippen LogP contribution < -0.4 is 0 Å². The fourth-order valence-electron chi connectivity index (χ4n) is 7.27. The van der Waals surface area contributed by atoms with Gasteiger partial charge in [-0.1, -0.05) is 127 Å². The predicted octanol–water partition coefficient (Wildman–Crippen LogP) is 12.9. The van der Waals surface area contributed by atoms with Gasteiger partial charge in [-0.2, -0.15) is 0 Å². The monoisotopic (exact) mass is 667 g/mol. The molecule has 0 saturated carbocycles. The Morgan fingerprint density at radius 3 is 1.86 bits per heavy atom. The minimum atomic E-state index is 0.713. The van der Waals surface area contributed by atoms with Crippen molar-refractivity contribution in [3.05, 3.63) is 176 Å². The lowest BCUT2D eigenvalue weighted by Gasteiger charge is -2.15. The molecule has 10 aromatic rings. The Bertz CT molecular complexity index is 2900. The SMILES string of the molecule is c1ccc(-c2nc(-c3cc(-c4ccc(-c5cccnc5)cc4)cc(-c4cc5ccccc5c5ccccc45)c3)nc3c2sc2ccccc23)cc1. The first-order valence-electron chi connectivity index (χ1n) is 17.1. The lowest BCUT2D eigenvalue weighted by Crippen LogP contribution is -1.95. The quantitative estimate of drug-likeness (QED) is 0.171. The summed E-state index contributed by atoms with van der Waals surface area (Å²) in [6.07, 6.45) is 3.72. The second-order valence-corrected chi connectivity index (χ2v) is 13.9. The largest absolute Gasteiger partial charge is 0.264 e. The summed E-state index contributed by atoms with van der Waals surface area (Å²) in [4.78, 5) is 15.0. The standard InChI is InChI=1S/C47H29N3S/c1-2-11-32(12-3-1)44-46-45(41-18-8-9-19-43(41)51-46)50-47(49-44)37-26-35(31-22-20-30(21-23-31)34-14-10-24-48-29-34)25-36(27-37)42-28-33-13-4-5-15-38(33)39-16-6-7-17-40(39)42/h1-29H. The number of fused-ring (bicyclic) bond motifs is 6. The minimum Gasteiger partial charge on any atom is -0.264 e. The van der Waals surface area contributed by atoms with Crippen LogP contribution in [0.1, 0.15) is 0 Å². The first-order chi connectivity index (χ1) is 25.3. The Hall–Kier alpha value is -6.49. The molecule has 3 nitrogen and oxygen atoms in total. The van der Waals surface area contributed by atoms with Gasteiger partial charge in [0.25, 0.3) is 0 Å². The number of hydrogen-bond acceptors (Lipinski definition) is 4. The molecule has 10 rings (SSSR count). The van der Waals surface area contributed by atoms with E-state index in [1.807, 2.05) is 18.5 Å². The Kier molecular flexibility index (Phi) is 7.00. The van der Waals surface area contributed by atoms with E-state index < -0.39 is 0 Å². The summed E-state index contributed by atoms with van der Waals surface area (Å²) >= 11 is 1.76. The highest BCUT2D eigenvalue weighted by molar-refractivity contribution is 7.26. The highest BCUT2D eigenvalue weighted by Crippen LogP contribution is 2.42. The van der Waals surface area contributed by atoms with Gasteiger partial charge in [0.05, 0.1) is 15.9 Å². The van der Waals surface area contributed by atoms with E-state index in [2.05, 4.69) is 163 Å². The van der Waals surface area contributed by atoms with Gasteiger partial charge in [0.2, 0.25) is 0 Å². The summed E-state index contributed by atoms with van der Waals surface area (Å²) < 4.78 is 2.32. The maximum absolute atomic E-state index is 5.36. The van der Waals surface area contributed by atoms with Crippen molar-refractivity contribution in [2.75, 3.05) is 0 Å². The van der Waals surface area contributed by atoms with Gasteiger partial charge in [-0.05, 0) is 91.3 Å². The molecule has 0 fully saturated rings. The Balaban J connectivity index is 1.24. The number of nitrogens with zero attached hydrogens (tertiary/aromatic N) is 3. The summed E-state index contributed by atoms with van der Waals surface area (Å²) in [6, 6.07) is 58.4. The molecular formula is C47H29N3S. The van der Waals surface area contributed by atoms with Crippen LogP contribution in [-0.4, -0.2) is 15.0 Å². The van der Waals surface area contributed by atoms with Gasteiger partial charge < -0.3 is 0 Å². The topological polar surface area (TPSA) is 38.7 Å². The normalized spacial score (nSPS) is 11.5. The van der Waals surface area contributed by atoms with E-state index in [0.29, 0.717) is 5.82 Å². The average Bonchev–Trinajstić information content (AvgIpc) is 3.59. The fraction of sp³-hybridized carbons (Fsp3) is 0. The summed E-state index contributed by atoms with van der Waals surface area (Å²) in [5.41, 5.74) is 10.8. The van der Waals surface area contributed by atoms with Crippen LogP contribution in [0.15, 0.2) is 176 Å². The minimum absolute atomic E-state index is 0.713. The van der Waals surface area contributed by atoms with Crippen molar-refractivity contribution in [1.82, 2.24) is 15.0 Å². The molecule has 4 heteroatoms. The van der Waals surface area contributed by atoms with Crippen LogP contribution in [0.5, 0.6) is 0 Å². The number of rotatable bonds is 5. The molecule has 0 atom stereocenters. The summed E-state index contributed by atoms with van der Waals surface area (Å²) in [5, 5.41) is 6.09. The van der Waals surface area contributed by atoms with E-state index in [-0.39, 0.29) is 0 Å². The molecule has 0 aliphatic heterocycles. The third kappa shape index (κ3) is 5.16. The van der Waals surface area contributed by atoms with E-state index in [4.69, 9.17) is 9.97 Å². The molecule has 0 N–H and O–H groups in total. The van der Waals surface area contributed by atoms with E-state index in [1.165, 1.54) is 31.8 Å². The van der Waals surface area contributed by atoms with Crippen molar-refractivity contribution in [1.29, 1.82) is 0 Å². The second kappa shape index (κ2) is 12.1. The molecule has 7 aromatic carbocycles. The summed E-state index contributed by atoms with van der Waals surface area (Å²) in [5.74, 6) is 0.713. The van der Waals surface area contributed by atoms with Gasteiger partial charge in [-0.25, -0.2) is 9.97 Å². The Labute approximate surface area is 299 Å². The van der Waals surface area contributed by atoms with E-state index >= 15 is 0 Å². The van der Waals surface area contributed by atoms with Crippen LogP contribution in [0.25, 0.3) is 97.9 Å².